The van der Waals surface area contributed by atoms with Crippen LogP contribution >= 0.6 is 0 Å². The number of aromatic nitrogens is 1. The zero-order valence-electron chi connectivity index (χ0n) is 10.6. The summed E-state index contributed by atoms with van der Waals surface area (Å²) in [5.41, 5.74) is 1.13. The second kappa shape index (κ2) is 6.74. The van der Waals surface area contributed by atoms with Crippen LogP contribution in [0.4, 0.5) is 0 Å². The van der Waals surface area contributed by atoms with Crippen LogP contribution in [0.3, 0.4) is 0 Å². The molecule has 0 aromatic carbocycles. The zero-order chi connectivity index (χ0) is 13.5. The highest BCUT2D eigenvalue weighted by atomic mass is 16.4. The molecule has 0 unspecified atom stereocenters. The number of rotatable bonds is 6. The highest BCUT2D eigenvalue weighted by Crippen LogP contribution is 2.07. The SMILES string of the molecule is CCC[C@@H](CC(=O)O)NC(=O)c1ncccc1C. The van der Waals surface area contributed by atoms with Gasteiger partial charge in [-0.15, -0.1) is 0 Å². The van der Waals surface area contributed by atoms with Crippen LogP contribution in [-0.2, 0) is 4.79 Å². The van der Waals surface area contributed by atoms with Crippen molar-refractivity contribution in [3.8, 4) is 0 Å². The van der Waals surface area contributed by atoms with Crippen LogP contribution in [0.25, 0.3) is 0 Å². The molecule has 0 aliphatic heterocycles. The van der Waals surface area contributed by atoms with Gasteiger partial charge in [-0.3, -0.25) is 14.6 Å². The monoisotopic (exact) mass is 250 g/mol. The van der Waals surface area contributed by atoms with Crippen molar-refractivity contribution in [2.75, 3.05) is 0 Å². The summed E-state index contributed by atoms with van der Waals surface area (Å²) >= 11 is 0. The minimum absolute atomic E-state index is 0.0640. The number of carbonyl (C=O) groups excluding carboxylic acids is 1. The molecule has 0 aliphatic rings. The van der Waals surface area contributed by atoms with E-state index in [1.54, 1.807) is 25.3 Å². The molecule has 0 bridgehead atoms. The molecule has 0 spiro atoms. The van der Waals surface area contributed by atoms with Gasteiger partial charge in [0.2, 0.25) is 0 Å². The van der Waals surface area contributed by atoms with Crippen LogP contribution in [0.15, 0.2) is 18.3 Å². The van der Waals surface area contributed by atoms with Crippen LogP contribution in [0.1, 0.15) is 42.2 Å². The molecular weight excluding hydrogens is 232 g/mol. The molecule has 5 heteroatoms. The fraction of sp³-hybridized carbons (Fsp3) is 0.462. The van der Waals surface area contributed by atoms with E-state index < -0.39 is 5.97 Å². The molecular formula is C13H18N2O3. The zero-order valence-corrected chi connectivity index (χ0v) is 10.6. The number of nitrogens with zero attached hydrogens (tertiary/aromatic N) is 1. The molecule has 1 rings (SSSR count). The maximum absolute atomic E-state index is 12.0. The van der Waals surface area contributed by atoms with Gasteiger partial charge in [0.1, 0.15) is 5.69 Å². The van der Waals surface area contributed by atoms with Crippen molar-refractivity contribution < 1.29 is 14.7 Å². The van der Waals surface area contributed by atoms with Gasteiger partial charge >= 0.3 is 5.97 Å². The number of hydrogen-bond donors (Lipinski definition) is 2. The Labute approximate surface area is 106 Å². The first-order chi connectivity index (χ1) is 8.54. The summed E-state index contributed by atoms with van der Waals surface area (Å²) in [7, 11) is 0. The summed E-state index contributed by atoms with van der Waals surface area (Å²) in [6, 6.07) is 3.21. The Balaban J connectivity index is 2.72. The van der Waals surface area contributed by atoms with Crippen LogP contribution in [0.5, 0.6) is 0 Å². The van der Waals surface area contributed by atoms with Crippen molar-refractivity contribution >= 4 is 11.9 Å². The first-order valence-electron chi connectivity index (χ1n) is 5.98. The van der Waals surface area contributed by atoms with E-state index in [0.29, 0.717) is 12.1 Å². The topological polar surface area (TPSA) is 79.3 Å². The standard InChI is InChI=1S/C13H18N2O3/c1-3-5-10(8-11(16)17)15-13(18)12-9(2)6-4-7-14-12/h4,6-7,10H,3,5,8H2,1-2H3,(H,15,18)(H,16,17)/t10-/m0/s1. The van der Waals surface area contributed by atoms with E-state index in [9.17, 15) is 9.59 Å². The maximum atomic E-state index is 12.0. The van der Waals surface area contributed by atoms with Crippen LogP contribution in [0.2, 0.25) is 0 Å². The van der Waals surface area contributed by atoms with E-state index in [1.807, 2.05) is 6.92 Å². The molecule has 0 radical (unpaired) electrons. The Morgan fingerprint density at radius 3 is 2.78 bits per heavy atom. The average molecular weight is 250 g/mol. The lowest BCUT2D eigenvalue weighted by Gasteiger charge is -2.16. The lowest BCUT2D eigenvalue weighted by molar-refractivity contribution is -0.137. The molecule has 1 aromatic heterocycles. The molecule has 5 nitrogen and oxygen atoms in total. The smallest absolute Gasteiger partial charge is 0.305 e. The molecule has 1 atom stereocenters. The highest BCUT2D eigenvalue weighted by molar-refractivity contribution is 5.94. The molecule has 0 fully saturated rings. The largest absolute Gasteiger partial charge is 0.481 e. The van der Waals surface area contributed by atoms with Gasteiger partial charge in [0.15, 0.2) is 0 Å². The summed E-state index contributed by atoms with van der Waals surface area (Å²) in [4.78, 5) is 26.7. The third-order valence-corrected chi connectivity index (χ3v) is 2.62. The third kappa shape index (κ3) is 4.16. The number of aliphatic carboxylic acids is 1. The van der Waals surface area contributed by atoms with Crippen molar-refractivity contribution in [1.29, 1.82) is 0 Å². The third-order valence-electron chi connectivity index (χ3n) is 2.62. The number of carboxylic acid groups (broad SMARTS) is 1. The summed E-state index contributed by atoms with van der Waals surface area (Å²) in [6.45, 7) is 3.75. The second-order valence-corrected chi connectivity index (χ2v) is 4.23. The van der Waals surface area contributed by atoms with Crippen LogP contribution < -0.4 is 5.32 Å². The minimum Gasteiger partial charge on any atom is -0.481 e. The summed E-state index contributed by atoms with van der Waals surface area (Å²) in [6.07, 6.45) is 2.95. The van der Waals surface area contributed by atoms with E-state index in [0.717, 1.165) is 12.0 Å². The quantitative estimate of drug-likeness (QED) is 0.806. The number of hydrogen-bond acceptors (Lipinski definition) is 3. The van der Waals surface area contributed by atoms with Gasteiger partial charge in [0.05, 0.1) is 6.42 Å². The van der Waals surface area contributed by atoms with Crippen LogP contribution in [0, 0.1) is 6.92 Å². The van der Waals surface area contributed by atoms with E-state index in [-0.39, 0.29) is 18.4 Å². The first kappa shape index (κ1) is 14.2. The van der Waals surface area contributed by atoms with Crippen molar-refractivity contribution in [3.63, 3.8) is 0 Å². The lowest BCUT2D eigenvalue weighted by Crippen LogP contribution is -2.37. The number of nitrogens with one attached hydrogen (secondary N) is 1. The Kier molecular flexibility index (Phi) is 5.30. The fourth-order valence-electron chi connectivity index (χ4n) is 1.76. The molecule has 1 amide bonds. The van der Waals surface area contributed by atoms with Crippen molar-refractivity contribution in [2.24, 2.45) is 0 Å². The Bertz CT molecular complexity index is 432. The molecule has 0 saturated heterocycles. The fourth-order valence-corrected chi connectivity index (χ4v) is 1.76. The van der Waals surface area contributed by atoms with Gasteiger partial charge in [-0.05, 0) is 25.0 Å². The lowest BCUT2D eigenvalue weighted by atomic mass is 10.1. The Morgan fingerprint density at radius 1 is 1.50 bits per heavy atom. The van der Waals surface area contributed by atoms with Gasteiger partial charge in [-0.2, -0.15) is 0 Å². The van der Waals surface area contributed by atoms with Crippen molar-refractivity contribution in [2.45, 2.75) is 39.2 Å². The van der Waals surface area contributed by atoms with E-state index >= 15 is 0 Å². The molecule has 18 heavy (non-hydrogen) atoms. The van der Waals surface area contributed by atoms with Gasteiger partial charge in [-0.1, -0.05) is 19.4 Å². The number of amides is 1. The van der Waals surface area contributed by atoms with Gasteiger partial charge < -0.3 is 10.4 Å². The number of pyridine rings is 1. The molecule has 1 heterocycles. The van der Waals surface area contributed by atoms with Gasteiger partial charge in [0, 0.05) is 12.2 Å². The Hall–Kier alpha value is -1.91. The Morgan fingerprint density at radius 2 is 2.22 bits per heavy atom. The van der Waals surface area contributed by atoms with Crippen LogP contribution in [-0.4, -0.2) is 28.0 Å². The average Bonchev–Trinajstić information content (AvgIpc) is 2.28. The maximum Gasteiger partial charge on any atom is 0.305 e. The number of carbonyl (C=O) groups is 2. The summed E-state index contributed by atoms with van der Waals surface area (Å²) in [5.74, 6) is -1.22. The molecule has 1 aromatic rings. The second-order valence-electron chi connectivity index (χ2n) is 4.23. The van der Waals surface area contributed by atoms with Gasteiger partial charge in [-0.25, -0.2) is 0 Å². The van der Waals surface area contributed by atoms with E-state index in [1.165, 1.54) is 0 Å². The number of carboxylic acids is 1. The number of aryl methyl sites for hydroxylation is 1. The molecule has 2 N–H and O–H groups in total. The van der Waals surface area contributed by atoms with E-state index in [4.69, 9.17) is 5.11 Å². The first-order valence-corrected chi connectivity index (χ1v) is 5.98. The van der Waals surface area contributed by atoms with Gasteiger partial charge in [0.25, 0.3) is 5.91 Å². The molecule has 0 aliphatic carbocycles. The van der Waals surface area contributed by atoms with Crippen molar-refractivity contribution in [1.82, 2.24) is 10.3 Å². The molecule has 0 saturated carbocycles. The van der Waals surface area contributed by atoms with Crippen molar-refractivity contribution in [3.05, 3.63) is 29.6 Å². The highest BCUT2D eigenvalue weighted by Gasteiger charge is 2.17. The predicted molar refractivity (Wildman–Crippen MR) is 67.4 cm³/mol. The summed E-state index contributed by atoms with van der Waals surface area (Å²) in [5, 5.41) is 11.5. The molecule has 98 valence electrons. The predicted octanol–water partition coefficient (Wildman–Crippen LogP) is 1.76. The normalized spacial score (nSPS) is 11.9. The van der Waals surface area contributed by atoms with E-state index in [2.05, 4.69) is 10.3 Å². The minimum atomic E-state index is -0.911. The summed E-state index contributed by atoms with van der Waals surface area (Å²) < 4.78 is 0.